The van der Waals surface area contributed by atoms with Gasteiger partial charge in [0.1, 0.15) is 0 Å². The Morgan fingerprint density at radius 1 is 0.264 bits per heavy atom. The summed E-state index contributed by atoms with van der Waals surface area (Å²) in [6.07, 6.45) is 0. The molecule has 4 rings (SSSR count). The second kappa shape index (κ2) is 20.5. The SMILES string of the molecule is CO[Si](CC[Si](CC[Si](OC)(OC)c1ccccc1)(CC[Si](OC)(OC)c1ccccc1)CC[Si](OC)(OC)c1ccccc1)(OC)c1ccccc1. The summed E-state index contributed by atoms with van der Waals surface area (Å²) in [5.41, 5.74) is 0. The molecule has 0 unspecified atom stereocenters. The summed E-state index contributed by atoms with van der Waals surface area (Å²) < 4.78 is 51.7. The number of hydrogen-bond acceptors (Lipinski definition) is 8. The van der Waals surface area contributed by atoms with E-state index in [2.05, 4.69) is 97.1 Å². The lowest BCUT2D eigenvalue weighted by atomic mass is 10.4. The third kappa shape index (κ3) is 10.1. The van der Waals surface area contributed by atoms with Gasteiger partial charge in [0, 0.05) is 56.9 Å². The molecule has 288 valence electrons. The fourth-order valence-corrected chi connectivity index (χ4v) is 31.3. The number of rotatable bonds is 24. The third-order valence-electron chi connectivity index (χ3n) is 11.4. The van der Waals surface area contributed by atoms with E-state index in [1.54, 1.807) is 0 Å². The Morgan fingerprint density at radius 3 is 0.585 bits per heavy atom. The first kappa shape index (κ1) is 43.4. The molecule has 4 aromatic carbocycles. The Balaban J connectivity index is 1.87. The highest BCUT2D eigenvalue weighted by Crippen LogP contribution is 2.40. The minimum absolute atomic E-state index is 0.815. The second-order valence-electron chi connectivity index (χ2n) is 13.6. The van der Waals surface area contributed by atoms with Crippen LogP contribution in [0, 0.1) is 0 Å². The molecule has 0 aliphatic carbocycles. The molecule has 0 heterocycles. The van der Waals surface area contributed by atoms with Gasteiger partial charge < -0.3 is 35.4 Å². The lowest BCUT2D eigenvalue weighted by Gasteiger charge is -2.41. The molecule has 0 N–H and O–H groups in total. The Bertz CT molecular complexity index is 1350. The van der Waals surface area contributed by atoms with Crippen LogP contribution in [0.2, 0.25) is 48.4 Å². The van der Waals surface area contributed by atoms with Crippen LogP contribution in [0.5, 0.6) is 0 Å². The van der Waals surface area contributed by atoms with Crippen molar-refractivity contribution in [1.82, 2.24) is 0 Å². The molecular weight excluding hydrogens is 749 g/mol. The molecule has 0 atom stereocenters. The molecule has 0 radical (unpaired) electrons. The van der Waals surface area contributed by atoms with Gasteiger partial charge in [-0.1, -0.05) is 146 Å². The fourth-order valence-electron chi connectivity index (χ4n) is 7.91. The maximum atomic E-state index is 6.46. The van der Waals surface area contributed by atoms with E-state index in [-0.39, 0.29) is 0 Å². The van der Waals surface area contributed by atoms with Crippen molar-refractivity contribution in [3.8, 4) is 0 Å². The molecule has 0 saturated heterocycles. The predicted molar refractivity (Wildman–Crippen MR) is 228 cm³/mol. The normalized spacial score (nSPS) is 13.0. The van der Waals surface area contributed by atoms with Crippen LogP contribution in [-0.2, 0) is 35.4 Å². The van der Waals surface area contributed by atoms with Crippen molar-refractivity contribution in [1.29, 1.82) is 0 Å². The number of hydrogen-bond donors (Lipinski definition) is 0. The fraction of sp³-hybridized carbons (Fsp3) is 0.400. The summed E-state index contributed by atoms with van der Waals surface area (Å²) in [5.74, 6) is 0. The predicted octanol–water partition coefficient (Wildman–Crippen LogP) is 6.00. The smallest absolute Gasteiger partial charge is 0.371 e. The van der Waals surface area contributed by atoms with Crippen molar-refractivity contribution in [2.24, 2.45) is 0 Å². The molecule has 13 heteroatoms. The molecular formula is C40H60O8Si5. The van der Waals surface area contributed by atoms with Crippen LogP contribution in [0.3, 0.4) is 0 Å². The highest BCUT2D eigenvalue weighted by molar-refractivity contribution is 6.91. The van der Waals surface area contributed by atoms with Crippen LogP contribution in [0.25, 0.3) is 0 Å². The molecule has 0 aliphatic heterocycles. The first-order chi connectivity index (χ1) is 25.7. The Hall–Kier alpha value is -2.36. The summed E-state index contributed by atoms with van der Waals surface area (Å²) in [7, 11) is 0.801. The molecule has 0 aliphatic rings. The molecule has 4 aromatic rings. The van der Waals surface area contributed by atoms with Crippen molar-refractivity contribution in [3.05, 3.63) is 121 Å². The highest BCUT2D eigenvalue weighted by Gasteiger charge is 2.50. The zero-order valence-corrected chi connectivity index (χ0v) is 38.0. The summed E-state index contributed by atoms with van der Waals surface area (Å²) in [6, 6.07) is 49.1. The standard InChI is InChI=1S/C40H60O8Si5/c1-41-50(42-2,37-21-13-9-14-22-37)33-29-49(30-34-51(43-3,44-4)38-23-15-10-16-24-38,31-35-52(45-5,46-6)39-25-17-11-18-26-39)32-36-53(47-7,48-8)40-27-19-12-20-28-40/h9-28H,29-36H2,1-8H3. The molecule has 8 nitrogen and oxygen atoms in total. The summed E-state index contributed by atoms with van der Waals surface area (Å²) in [5, 5.41) is 4.55. The van der Waals surface area contributed by atoms with E-state index < -0.39 is 42.3 Å². The Kier molecular flexibility index (Phi) is 16.8. The van der Waals surface area contributed by atoms with Gasteiger partial charge >= 0.3 is 34.2 Å². The summed E-state index contributed by atoms with van der Waals surface area (Å²) in [6.45, 7) is 0. The molecule has 0 amide bonds. The van der Waals surface area contributed by atoms with Crippen molar-refractivity contribution < 1.29 is 35.4 Å². The molecule has 0 aromatic heterocycles. The topological polar surface area (TPSA) is 73.8 Å². The van der Waals surface area contributed by atoms with Crippen LogP contribution in [0.15, 0.2) is 121 Å². The summed E-state index contributed by atoms with van der Waals surface area (Å²) in [4.78, 5) is 0. The van der Waals surface area contributed by atoms with Crippen LogP contribution < -0.4 is 20.7 Å². The van der Waals surface area contributed by atoms with Gasteiger partial charge in [-0.05, 0) is 44.9 Å². The Labute approximate surface area is 323 Å². The van der Waals surface area contributed by atoms with Gasteiger partial charge in [-0.25, -0.2) is 0 Å². The minimum Gasteiger partial charge on any atom is -0.394 e. The second-order valence-corrected chi connectivity index (χ2v) is 32.2. The lowest BCUT2D eigenvalue weighted by molar-refractivity contribution is 0.257. The molecule has 0 saturated carbocycles. The van der Waals surface area contributed by atoms with E-state index in [9.17, 15) is 0 Å². The van der Waals surface area contributed by atoms with E-state index in [0.717, 1.165) is 69.1 Å². The molecule has 0 fully saturated rings. The molecule has 0 spiro atoms. The van der Waals surface area contributed by atoms with Crippen LogP contribution >= 0.6 is 0 Å². The third-order valence-corrected chi connectivity index (χ3v) is 32.4. The van der Waals surface area contributed by atoms with Gasteiger partial charge in [-0.15, -0.1) is 0 Å². The van der Waals surface area contributed by atoms with Crippen LogP contribution in [0.1, 0.15) is 0 Å². The largest absolute Gasteiger partial charge is 0.394 e. The minimum atomic E-state index is -2.81. The average molecular weight is 809 g/mol. The van der Waals surface area contributed by atoms with Gasteiger partial charge in [0.15, 0.2) is 0 Å². The zero-order valence-electron chi connectivity index (χ0n) is 33.0. The quantitative estimate of drug-likeness (QED) is 0.0799. The van der Waals surface area contributed by atoms with Gasteiger partial charge in [0.05, 0.1) is 8.07 Å². The van der Waals surface area contributed by atoms with Crippen LogP contribution in [-0.4, -0.2) is 99.2 Å². The van der Waals surface area contributed by atoms with Crippen molar-refractivity contribution >= 4 is 63.1 Å². The average Bonchev–Trinajstić information content (AvgIpc) is 3.24. The first-order valence-corrected chi connectivity index (χ1v) is 29.3. The van der Waals surface area contributed by atoms with E-state index >= 15 is 0 Å². The van der Waals surface area contributed by atoms with Gasteiger partial charge in [0.2, 0.25) is 0 Å². The van der Waals surface area contributed by atoms with Crippen molar-refractivity contribution in [3.63, 3.8) is 0 Å². The first-order valence-electron chi connectivity index (χ1n) is 18.4. The van der Waals surface area contributed by atoms with Gasteiger partial charge in [0.25, 0.3) is 0 Å². The molecule has 0 bridgehead atoms. The van der Waals surface area contributed by atoms with Gasteiger partial charge in [-0.3, -0.25) is 0 Å². The maximum Gasteiger partial charge on any atom is 0.371 e. The van der Waals surface area contributed by atoms with E-state index in [4.69, 9.17) is 35.4 Å². The monoisotopic (exact) mass is 808 g/mol. The van der Waals surface area contributed by atoms with E-state index in [1.165, 1.54) is 0 Å². The Morgan fingerprint density at radius 2 is 0.434 bits per heavy atom. The van der Waals surface area contributed by atoms with Crippen molar-refractivity contribution in [2.45, 2.75) is 48.4 Å². The van der Waals surface area contributed by atoms with Gasteiger partial charge in [-0.2, -0.15) is 0 Å². The summed E-state index contributed by atoms with van der Waals surface area (Å²) >= 11 is 0. The lowest BCUT2D eigenvalue weighted by Crippen LogP contribution is -2.58. The van der Waals surface area contributed by atoms with E-state index in [0.29, 0.717) is 0 Å². The van der Waals surface area contributed by atoms with Crippen LogP contribution in [0.4, 0.5) is 0 Å². The molecule has 53 heavy (non-hydrogen) atoms. The number of benzene rings is 4. The highest BCUT2D eigenvalue weighted by atomic mass is 28.4. The zero-order chi connectivity index (χ0) is 38.3. The van der Waals surface area contributed by atoms with E-state index in [1.807, 2.05) is 81.1 Å². The van der Waals surface area contributed by atoms with Crippen molar-refractivity contribution in [2.75, 3.05) is 56.9 Å². The maximum absolute atomic E-state index is 6.46.